The van der Waals surface area contributed by atoms with Gasteiger partial charge in [-0.1, -0.05) is 11.8 Å². The van der Waals surface area contributed by atoms with Gasteiger partial charge in [0.2, 0.25) is 5.91 Å². The van der Waals surface area contributed by atoms with Crippen LogP contribution in [0.5, 0.6) is 11.5 Å². The molecule has 0 bridgehead atoms. The van der Waals surface area contributed by atoms with Crippen molar-refractivity contribution in [1.29, 1.82) is 0 Å². The van der Waals surface area contributed by atoms with Gasteiger partial charge in [-0.25, -0.2) is 0 Å². The third kappa shape index (κ3) is 3.90. The molecule has 0 saturated carbocycles. The topological polar surface area (TPSA) is 73.6 Å². The van der Waals surface area contributed by atoms with Crippen molar-refractivity contribution in [2.24, 2.45) is 5.73 Å². The summed E-state index contributed by atoms with van der Waals surface area (Å²) in [6.07, 6.45) is 0.876. The zero-order chi connectivity index (χ0) is 13.5. The van der Waals surface area contributed by atoms with Crippen LogP contribution in [0.4, 0.5) is 0 Å². The molecule has 1 aliphatic rings. The van der Waals surface area contributed by atoms with Crippen molar-refractivity contribution >= 4 is 5.91 Å². The Morgan fingerprint density at radius 1 is 1.32 bits per heavy atom. The van der Waals surface area contributed by atoms with Crippen LogP contribution >= 0.6 is 0 Å². The van der Waals surface area contributed by atoms with Crippen LogP contribution < -0.4 is 20.5 Å². The number of ether oxygens (including phenoxy) is 2. The molecule has 0 aliphatic carbocycles. The van der Waals surface area contributed by atoms with E-state index in [4.69, 9.17) is 15.2 Å². The molecule has 5 heteroatoms. The molecule has 0 saturated heterocycles. The second-order valence-electron chi connectivity index (χ2n) is 3.99. The van der Waals surface area contributed by atoms with Crippen LogP contribution in [0.1, 0.15) is 12.0 Å². The van der Waals surface area contributed by atoms with Crippen LogP contribution in [0.25, 0.3) is 0 Å². The lowest BCUT2D eigenvalue weighted by Crippen LogP contribution is -2.30. The van der Waals surface area contributed by atoms with E-state index in [0.717, 1.165) is 23.5 Å². The monoisotopic (exact) mass is 260 g/mol. The first-order valence-electron chi connectivity index (χ1n) is 6.15. The normalized spacial score (nSPS) is 12.9. The minimum atomic E-state index is -0.215. The number of rotatable bonds is 2. The van der Waals surface area contributed by atoms with Gasteiger partial charge in [-0.15, -0.1) is 0 Å². The largest absolute Gasteiger partial charge is 0.490 e. The van der Waals surface area contributed by atoms with Gasteiger partial charge in [0, 0.05) is 12.0 Å². The van der Waals surface area contributed by atoms with Gasteiger partial charge >= 0.3 is 0 Å². The molecule has 1 aliphatic heterocycles. The van der Waals surface area contributed by atoms with Crippen molar-refractivity contribution < 1.29 is 14.3 Å². The fourth-order valence-electron chi connectivity index (χ4n) is 1.60. The number of hydrogen-bond acceptors (Lipinski definition) is 4. The predicted octanol–water partition coefficient (Wildman–Crippen LogP) is 0.274. The average Bonchev–Trinajstić information content (AvgIpc) is 2.68. The van der Waals surface area contributed by atoms with E-state index < -0.39 is 0 Å². The molecular weight excluding hydrogens is 244 g/mol. The number of amides is 1. The molecule has 0 radical (unpaired) electrons. The van der Waals surface area contributed by atoms with E-state index in [0.29, 0.717) is 13.2 Å². The maximum atomic E-state index is 10.9. The lowest BCUT2D eigenvalue weighted by atomic mass is 10.2. The Hall–Kier alpha value is -2.19. The highest BCUT2D eigenvalue weighted by atomic mass is 16.5. The molecule has 0 unspecified atom stereocenters. The number of nitrogens with two attached hydrogens (primary N) is 1. The van der Waals surface area contributed by atoms with Crippen molar-refractivity contribution in [3.8, 4) is 23.3 Å². The van der Waals surface area contributed by atoms with Crippen molar-refractivity contribution in [2.75, 3.05) is 26.3 Å². The van der Waals surface area contributed by atoms with Gasteiger partial charge in [-0.05, 0) is 18.2 Å². The van der Waals surface area contributed by atoms with E-state index in [1.54, 1.807) is 0 Å². The molecule has 5 nitrogen and oxygen atoms in total. The van der Waals surface area contributed by atoms with Crippen LogP contribution in [0, 0.1) is 11.8 Å². The van der Waals surface area contributed by atoms with Crippen molar-refractivity contribution in [1.82, 2.24) is 5.32 Å². The predicted molar refractivity (Wildman–Crippen MR) is 71.0 cm³/mol. The number of fused-ring (bicyclic) bond motifs is 1. The third-order valence-electron chi connectivity index (χ3n) is 2.54. The van der Waals surface area contributed by atoms with Crippen LogP contribution in [0.2, 0.25) is 0 Å². The Balaban J connectivity index is 2.00. The summed E-state index contributed by atoms with van der Waals surface area (Å²) < 4.78 is 11.1. The summed E-state index contributed by atoms with van der Waals surface area (Å²) in [4.78, 5) is 10.9. The highest BCUT2D eigenvalue weighted by molar-refractivity contribution is 5.77. The van der Waals surface area contributed by atoms with Crippen LogP contribution in [0.3, 0.4) is 0 Å². The molecule has 1 aromatic carbocycles. The van der Waals surface area contributed by atoms with Gasteiger partial charge in [0.25, 0.3) is 0 Å². The lowest BCUT2D eigenvalue weighted by Gasteiger charge is -2.06. The van der Waals surface area contributed by atoms with E-state index in [2.05, 4.69) is 17.2 Å². The fraction of sp³-hybridized carbons (Fsp3) is 0.357. The zero-order valence-electron chi connectivity index (χ0n) is 10.6. The molecule has 0 atom stereocenters. The first kappa shape index (κ1) is 13.2. The number of carbonyl (C=O) groups excluding carboxylic acids is 1. The van der Waals surface area contributed by atoms with Gasteiger partial charge in [0.15, 0.2) is 11.5 Å². The number of nitrogens with one attached hydrogen (secondary N) is 1. The molecule has 100 valence electrons. The number of carbonyl (C=O) groups is 1. The fourth-order valence-corrected chi connectivity index (χ4v) is 1.60. The van der Waals surface area contributed by atoms with Crippen LogP contribution in [-0.2, 0) is 4.79 Å². The molecule has 19 heavy (non-hydrogen) atoms. The van der Waals surface area contributed by atoms with Gasteiger partial charge in [0.05, 0.1) is 26.3 Å². The highest BCUT2D eigenvalue weighted by Crippen LogP contribution is 2.29. The minimum Gasteiger partial charge on any atom is -0.490 e. The van der Waals surface area contributed by atoms with Crippen molar-refractivity contribution in [3.63, 3.8) is 0 Å². The highest BCUT2D eigenvalue weighted by Gasteiger charge is 2.09. The lowest BCUT2D eigenvalue weighted by molar-refractivity contribution is -0.119. The molecule has 1 amide bonds. The van der Waals surface area contributed by atoms with E-state index >= 15 is 0 Å². The molecular formula is C14H16N2O3. The smallest absolute Gasteiger partial charge is 0.234 e. The van der Waals surface area contributed by atoms with E-state index in [-0.39, 0.29) is 19.0 Å². The summed E-state index contributed by atoms with van der Waals surface area (Å²) in [5, 5.41) is 2.58. The standard InChI is InChI=1S/C14H16N2O3/c15-10-14(17)16-6-1-3-11-4-5-12-13(9-11)19-8-2-7-18-12/h4-5,9H,2,6-8,10,15H2,(H,16,17). The summed E-state index contributed by atoms with van der Waals surface area (Å²) >= 11 is 0. The Bertz CT molecular complexity index is 517. The molecule has 3 N–H and O–H groups in total. The SMILES string of the molecule is NCC(=O)NCC#Cc1ccc2c(c1)OCCCO2. The van der Waals surface area contributed by atoms with Crippen LogP contribution in [-0.4, -0.2) is 32.2 Å². The van der Waals surface area contributed by atoms with E-state index in [1.807, 2.05) is 18.2 Å². The minimum absolute atomic E-state index is 0.0221. The Labute approximate surface area is 112 Å². The van der Waals surface area contributed by atoms with Gasteiger partial charge < -0.3 is 20.5 Å². The Morgan fingerprint density at radius 3 is 2.89 bits per heavy atom. The first-order chi connectivity index (χ1) is 9.29. The summed E-state index contributed by atoms with van der Waals surface area (Å²) in [7, 11) is 0. The molecule has 1 aromatic rings. The molecule has 0 fully saturated rings. The molecule has 2 rings (SSSR count). The molecule has 0 spiro atoms. The van der Waals surface area contributed by atoms with E-state index in [1.165, 1.54) is 0 Å². The van der Waals surface area contributed by atoms with E-state index in [9.17, 15) is 4.79 Å². The van der Waals surface area contributed by atoms with Crippen molar-refractivity contribution in [2.45, 2.75) is 6.42 Å². The van der Waals surface area contributed by atoms with Gasteiger partial charge in [-0.2, -0.15) is 0 Å². The number of benzene rings is 1. The molecule has 1 heterocycles. The summed E-state index contributed by atoms with van der Waals surface area (Å²) in [6.45, 7) is 1.58. The Morgan fingerprint density at radius 2 is 2.11 bits per heavy atom. The maximum absolute atomic E-state index is 10.9. The molecule has 0 aromatic heterocycles. The first-order valence-corrected chi connectivity index (χ1v) is 6.15. The summed E-state index contributed by atoms with van der Waals surface area (Å²) in [5.74, 6) is 7.06. The Kier molecular flexibility index (Phi) is 4.65. The quantitative estimate of drug-likeness (QED) is 0.749. The number of hydrogen-bond donors (Lipinski definition) is 2. The third-order valence-corrected chi connectivity index (χ3v) is 2.54. The summed E-state index contributed by atoms with van der Waals surface area (Å²) in [5.41, 5.74) is 5.99. The second kappa shape index (κ2) is 6.66. The summed E-state index contributed by atoms with van der Waals surface area (Å²) in [6, 6.07) is 5.56. The van der Waals surface area contributed by atoms with Gasteiger partial charge in [0.1, 0.15) is 0 Å². The van der Waals surface area contributed by atoms with Crippen LogP contribution in [0.15, 0.2) is 18.2 Å². The zero-order valence-corrected chi connectivity index (χ0v) is 10.6. The maximum Gasteiger partial charge on any atom is 0.234 e. The van der Waals surface area contributed by atoms with Gasteiger partial charge in [-0.3, -0.25) is 4.79 Å². The van der Waals surface area contributed by atoms with Crippen molar-refractivity contribution in [3.05, 3.63) is 23.8 Å². The average molecular weight is 260 g/mol. The second-order valence-corrected chi connectivity index (χ2v) is 3.99.